The first kappa shape index (κ1) is 14.4. The molecule has 1 aliphatic carbocycles. The zero-order valence-corrected chi connectivity index (χ0v) is 11.7. The number of nitrogens with one attached hydrogen (secondary N) is 1. The maximum Gasteiger partial charge on any atom is 0.323 e. The molecule has 1 aliphatic rings. The Morgan fingerprint density at radius 2 is 2.05 bits per heavy atom. The van der Waals surface area contributed by atoms with E-state index in [0.29, 0.717) is 19.0 Å². The van der Waals surface area contributed by atoms with Gasteiger partial charge in [-0.25, -0.2) is 4.98 Å². The molecule has 0 saturated heterocycles. The summed E-state index contributed by atoms with van der Waals surface area (Å²) in [4.78, 5) is 30.4. The molecule has 2 N–H and O–H groups in total. The number of aliphatic carboxylic acids is 1. The van der Waals surface area contributed by atoms with E-state index in [1.165, 1.54) is 4.90 Å². The van der Waals surface area contributed by atoms with Crippen LogP contribution in [0.15, 0.2) is 0 Å². The van der Waals surface area contributed by atoms with Gasteiger partial charge in [0.05, 0.1) is 0 Å². The third-order valence-corrected chi connectivity index (χ3v) is 3.09. The summed E-state index contributed by atoms with van der Waals surface area (Å²) in [5.74, 6) is -0.352. The van der Waals surface area contributed by atoms with Crippen LogP contribution in [0.25, 0.3) is 0 Å². The number of hydrogen-bond donors (Lipinski definition) is 2. The molecule has 0 bridgehead atoms. The molecule has 0 atom stereocenters. The minimum atomic E-state index is -1.05. The fourth-order valence-electron chi connectivity index (χ4n) is 1.79. The van der Waals surface area contributed by atoms with Crippen LogP contribution in [-0.4, -0.2) is 75.7 Å². The number of carboxylic acids is 1. The van der Waals surface area contributed by atoms with Gasteiger partial charge in [-0.15, -0.1) is 5.10 Å². The van der Waals surface area contributed by atoms with Gasteiger partial charge in [-0.2, -0.15) is 0 Å². The summed E-state index contributed by atoms with van der Waals surface area (Å²) in [7, 11) is 3.73. The van der Waals surface area contributed by atoms with Crippen LogP contribution in [0.5, 0.6) is 0 Å². The molecule has 1 fully saturated rings. The van der Waals surface area contributed by atoms with Crippen molar-refractivity contribution in [2.75, 3.05) is 33.7 Å². The lowest BCUT2D eigenvalue weighted by Gasteiger charge is -2.21. The highest BCUT2D eigenvalue weighted by Crippen LogP contribution is 2.37. The minimum Gasteiger partial charge on any atom is -0.480 e. The van der Waals surface area contributed by atoms with E-state index in [2.05, 4.69) is 15.2 Å². The fraction of sp³-hybridized carbons (Fsp3) is 0.667. The molecule has 1 aromatic heterocycles. The number of carbonyl (C=O) groups is 2. The summed E-state index contributed by atoms with van der Waals surface area (Å²) in [6.45, 7) is 0.560. The fourth-order valence-corrected chi connectivity index (χ4v) is 1.79. The summed E-state index contributed by atoms with van der Waals surface area (Å²) >= 11 is 0. The molecular formula is C12H19N5O3. The number of likely N-dealkylation sites (N-methyl/N-ethyl adjacent to an activating group) is 1. The maximum atomic E-state index is 12.2. The number of hydrogen-bond acceptors (Lipinski definition) is 5. The van der Waals surface area contributed by atoms with Crippen molar-refractivity contribution in [2.24, 2.45) is 0 Å². The second-order valence-electron chi connectivity index (χ2n) is 5.24. The summed E-state index contributed by atoms with van der Waals surface area (Å²) < 4.78 is 0. The third-order valence-electron chi connectivity index (χ3n) is 3.09. The summed E-state index contributed by atoms with van der Waals surface area (Å²) in [6.07, 6.45) is 2.12. The molecule has 20 heavy (non-hydrogen) atoms. The van der Waals surface area contributed by atoms with Crippen molar-refractivity contribution < 1.29 is 14.7 Å². The van der Waals surface area contributed by atoms with Crippen molar-refractivity contribution in [3.63, 3.8) is 0 Å². The maximum absolute atomic E-state index is 12.2. The minimum absolute atomic E-state index is 0.0481. The molecule has 0 aromatic carbocycles. The number of H-pyrrole nitrogens is 1. The Hall–Kier alpha value is -1.96. The van der Waals surface area contributed by atoms with Gasteiger partial charge in [-0.1, -0.05) is 0 Å². The van der Waals surface area contributed by atoms with Gasteiger partial charge in [0.15, 0.2) is 0 Å². The molecule has 8 nitrogen and oxygen atoms in total. The molecule has 1 amide bonds. The monoisotopic (exact) mass is 281 g/mol. The molecule has 0 spiro atoms. The lowest BCUT2D eigenvalue weighted by atomic mass is 10.4. The van der Waals surface area contributed by atoms with Gasteiger partial charge >= 0.3 is 5.97 Å². The number of carboxylic acid groups (broad SMARTS) is 1. The van der Waals surface area contributed by atoms with Crippen LogP contribution in [0.4, 0.5) is 0 Å². The second kappa shape index (κ2) is 6.00. The van der Waals surface area contributed by atoms with Crippen molar-refractivity contribution >= 4 is 11.9 Å². The molecule has 1 heterocycles. The van der Waals surface area contributed by atoms with Gasteiger partial charge in [0.2, 0.25) is 5.82 Å². The average molecular weight is 281 g/mol. The highest BCUT2D eigenvalue weighted by atomic mass is 16.4. The lowest BCUT2D eigenvalue weighted by Crippen LogP contribution is -2.40. The topological polar surface area (TPSA) is 102 Å². The van der Waals surface area contributed by atoms with E-state index in [1.807, 2.05) is 19.0 Å². The first-order valence-corrected chi connectivity index (χ1v) is 6.55. The zero-order chi connectivity index (χ0) is 14.7. The number of aromatic amines is 1. The molecule has 110 valence electrons. The quantitative estimate of drug-likeness (QED) is 0.715. The van der Waals surface area contributed by atoms with E-state index in [4.69, 9.17) is 5.11 Å². The number of aromatic nitrogens is 3. The normalized spacial score (nSPS) is 14.6. The van der Waals surface area contributed by atoms with Crippen LogP contribution in [-0.2, 0) is 4.79 Å². The van der Waals surface area contributed by atoms with E-state index in [9.17, 15) is 9.59 Å². The van der Waals surface area contributed by atoms with E-state index >= 15 is 0 Å². The average Bonchev–Trinajstić information content (AvgIpc) is 3.11. The lowest BCUT2D eigenvalue weighted by molar-refractivity contribution is -0.137. The molecule has 2 rings (SSSR count). The van der Waals surface area contributed by atoms with Crippen molar-refractivity contribution in [3.8, 4) is 0 Å². The Labute approximate surface area is 116 Å². The van der Waals surface area contributed by atoms with Crippen molar-refractivity contribution in [3.05, 3.63) is 11.6 Å². The number of carbonyl (C=O) groups excluding carboxylic acids is 1. The van der Waals surface area contributed by atoms with Crippen molar-refractivity contribution in [1.82, 2.24) is 25.0 Å². The summed E-state index contributed by atoms with van der Waals surface area (Å²) in [6, 6.07) is 0. The van der Waals surface area contributed by atoms with Crippen LogP contribution in [0, 0.1) is 0 Å². The molecule has 8 heteroatoms. The van der Waals surface area contributed by atoms with Gasteiger partial charge < -0.3 is 14.9 Å². The zero-order valence-electron chi connectivity index (χ0n) is 11.7. The molecule has 1 aromatic rings. The predicted molar refractivity (Wildman–Crippen MR) is 70.5 cm³/mol. The van der Waals surface area contributed by atoms with Gasteiger partial charge in [-0.3, -0.25) is 14.7 Å². The number of amides is 1. The molecule has 0 radical (unpaired) electrons. The van der Waals surface area contributed by atoms with Crippen molar-refractivity contribution in [1.29, 1.82) is 0 Å². The molecule has 0 unspecified atom stereocenters. The van der Waals surface area contributed by atoms with E-state index in [-0.39, 0.29) is 12.4 Å². The molecule has 1 saturated carbocycles. The van der Waals surface area contributed by atoms with Crippen LogP contribution in [0.3, 0.4) is 0 Å². The van der Waals surface area contributed by atoms with Gasteiger partial charge in [-0.05, 0) is 26.9 Å². The third kappa shape index (κ3) is 3.77. The van der Waals surface area contributed by atoms with E-state index in [0.717, 1.165) is 18.7 Å². The first-order chi connectivity index (χ1) is 9.47. The Bertz CT molecular complexity index is 495. The summed E-state index contributed by atoms with van der Waals surface area (Å²) in [5, 5.41) is 15.5. The first-order valence-electron chi connectivity index (χ1n) is 6.55. The van der Waals surface area contributed by atoms with Gasteiger partial charge in [0.25, 0.3) is 5.91 Å². The van der Waals surface area contributed by atoms with Gasteiger partial charge in [0, 0.05) is 19.0 Å². The molecule has 0 aliphatic heterocycles. The smallest absolute Gasteiger partial charge is 0.323 e. The number of nitrogens with zero attached hydrogens (tertiary/aromatic N) is 4. The highest BCUT2D eigenvalue weighted by Gasteiger charge is 2.29. The summed E-state index contributed by atoms with van der Waals surface area (Å²) in [5.41, 5.74) is 0. The highest BCUT2D eigenvalue weighted by molar-refractivity contribution is 5.92. The number of rotatable bonds is 7. The standard InChI is InChI=1S/C12H19N5O3/c1-16(2)5-6-17(7-9(18)19)12(20)11-13-10(14-15-11)8-3-4-8/h8H,3-7H2,1-2H3,(H,18,19)(H,13,14,15). The van der Waals surface area contributed by atoms with Crippen LogP contribution in [0.1, 0.15) is 35.2 Å². The Morgan fingerprint density at radius 3 is 2.60 bits per heavy atom. The van der Waals surface area contributed by atoms with Crippen LogP contribution >= 0.6 is 0 Å². The van der Waals surface area contributed by atoms with Crippen molar-refractivity contribution in [2.45, 2.75) is 18.8 Å². The van der Waals surface area contributed by atoms with Gasteiger partial charge in [0.1, 0.15) is 12.4 Å². The second-order valence-corrected chi connectivity index (χ2v) is 5.24. The Morgan fingerprint density at radius 1 is 1.35 bits per heavy atom. The SMILES string of the molecule is CN(C)CCN(CC(=O)O)C(=O)c1n[nH]c(C2CC2)n1. The van der Waals surface area contributed by atoms with E-state index < -0.39 is 11.9 Å². The predicted octanol–water partition coefficient (Wildman–Crippen LogP) is -0.229. The van der Waals surface area contributed by atoms with Crippen LogP contribution < -0.4 is 0 Å². The largest absolute Gasteiger partial charge is 0.480 e. The Balaban J connectivity index is 2.04. The molecular weight excluding hydrogens is 262 g/mol. The van der Waals surface area contributed by atoms with E-state index in [1.54, 1.807) is 0 Å². The Kier molecular flexibility index (Phi) is 4.33. The van der Waals surface area contributed by atoms with Crippen LogP contribution in [0.2, 0.25) is 0 Å².